The quantitative estimate of drug-likeness (QED) is 0.926. The van der Waals surface area contributed by atoms with Crippen LogP contribution in [0.15, 0.2) is 36.7 Å². The normalized spacial score (nSPS) is 20.5. The standard InChI is InChI=1S/C18H24N4O/c1-13-10-20-22(11-13)15-6-4-14(5-7-15)17(23)21-9-8-16(19)18(2,3)12-21/h4-7,10-11,16H,8-9,12,19H2,1-3H3. The lowest BCUT2D eigenvalue weighted by molar-refractivity contribution is 0.0533. The van der Waals surface area contributed by atoms with Crippen LogP contribution in [0.3, 0.4) is 0 Å². The van der Waals surface area contributed by atoms with Gasteiger partial charge in [-0.05, 0) is 48.6 Å². The zero-order valence-corrected chi connectivity index (χ0v) is 14.0. The second-order valence-corrected chi connectivity index (χ2v) is 7.12. The van der Waals surface area contributed by atoms with Crippen molar-refractivity contribution in [3.8, 4) is 5.69 Å². The lowest BCUT2D eigenvalue weighted by Gasteiger charge is -2.42. The van der Waals surface area contributed by atoms with Crippen molar-refractivity contribution in [2.75, 3.05) is 13.1 Å². The second-order valence-electron chi connectivity index (χ2n) is 7.12. The molecule has 2 N–H and O–H groups in total. The summed E-state index contributed by atoms with van der Waals surface area (Å²) in [5.74, 6) is 0.0770. The fraction of sp³-hybridized carbons (Fsp3) is 0.444. The van der Waals surface area contributed by atoms with Crippen molar-refractivity contribution in [1.82, 2.24) is 14.7 Å². The molecule has 0 radical (unpaired) electrons. The molecule has 1 amide bonds. The maximum absolute atomic E-state index is 12.7. The molecule has 1 aliphatic heterocycles. The van der Waals surface area contributed by atoms with Crippen molar-refractivity contribution in [3.63, 3.8) is 0 Å². The maximum Gasteiger partial charge on any atom is 0.253 e. The maximum atomic E-state index is 12.7. The summed E-state index contributed by atoms with van der Waals surface area (Å²) in [5.41, 5.74) is 8.89. The predicted octanol–water partition coefficient (Wildman–Crippen LogP) is 2.38. The molecule has 23 heavy (non-hydrogen) atoms. The van der Waals surface area contributed by atoms with Crippen LogP contribution >= 0.6 is 0 Å². The smallest absolute Gasteiger partial charge is 0.253 e. The van der Waals surface area contributed by atoms with E-state index in [-0.39, 0.29) is 17.4 Å². The molecule has 0 aliphatic carbocycles. The van der Waals surface area contributed by atoms with Crippen LogP contribution in [-0.2, 0) is 0 Å². The number of hydrogen-bond donors (Lipinski definition) is 1. The Morgan fingerprint density at radius 1 is 1.30 bits per heavy atom. The predicted molar refractivity (Wildman–Crippen MR) is 90.6 cm³/mol. The van der Waals surface area contributed by atoms with Gasteiger partial charge in [0.15, 0.2) is 0 Å². The molecule has 0 saturated carbocycles. The molecular formula is C18H24N4O. The van der Waals surface area contributed by atoms with Gasteiger partial charge in [0.25, 0.3) is 5.91 Å². The molecule has 1 unspecified atom stereocenters. The highest BCUT2D eigenvalue weighted by Gasteiger charge is 2.35. The molecule has 122 valence electrons. The van der Waals surface area contributed by atoms with Crippen LogP contribution in [0, 0.1) is 12.3 Å². The molecule has 1 aliphatic rings. The van der Waals surface area contributed by atoms with Crippen LogP contribution in [0.1, 0.15) is 36.2 Å². The van der Waals surface area contributed by atoms with Gasteiger partial charge >= 0.3 is 0 Å². The Bertz CT molecular complexity index is 702. The van der Waals surface area contributed by atoms with Crippen molar-refractivity contribution in [1.29, 1.82) is 0 Å². The summed E-state index contributed by atoms with van der Waals surface area (Å²) in [7, 11) is 0. The van der Waals surface area contributed by atoms with Gasteiger partial charge in [-0.15, -0.1) is 0 Å². The van der Waals surface area contributed by atoms with Crippen molar-refractivity contribution >= 4 is 5.91 Å². The van der Waals surface area contributed by atoms with Crippen LogP contribution in [0.2, 0.25) is 0 Å². The number of aryl methyl sites for hydroxylation is 1. The number of nitrogens with two attached hydrogens (primary N) is 1. The average molecular weight is 312 g/mol. The number of amides is 1. The van der Waals surface area contributed by atoms with Gasteiger partial charge in [-0.25, -0.2) is 4.68 Å². The molecule has 5 heteroatoms. The minimum atomic E-state index is -0.0412. The zero-order chi connectivity index (χ0) is 16.6. The Morgan fingerprint density at radius 3 is 2.57 bits per heavy atom. The molecule has 2 heterocycles. The zero-order valence-electron chi connectivity index (χ0n) is 14.0. The molecule has 0 spiro atoms. The number of rotatable bonds is 2. The Balaban J connectivity index is 1.75. The SMILES string of the molecule is Cc1cnn(-c2ccc(C(=O)N3CCC(N)C(C)(C)C3)cc2)c1. The van der Waals surface area contributed by atoms with Crippen molar-refractivity contribution < 1.29 is 4.79 Å². The molecular weight excluding hydrogens is 288 g/mol. The highest BCUT2D eigenvalue weighted by molar-refractivity contribution is 5.94. The topological polar surface area (TPSA) is 64.2 Å². The summed E-state index contributed by atoms with van der Waals surface area (Å²) in [6.07, 6.45) is 4.63. The van der Waals surface area contributed by atoms with Crippen LogP contribution in [0.4, 0.5) is 0 Å². The van der Waals surface area contributed by atoms with E-state index in [1.54, 1.807) is 0 Å². The minimum absolute atomic E-state index is 0.0412. The van der Waals surface area contributed by atoms with E-state index in [4.69, 9.17) is 5.73 Å². The Hall–Kier alpha value is -2.14. The third kappa shape index (κ3) is 3.15. The molecule has 1 atom stereocenters. The van der Waals surface area contributed by atoms with Crippen molar-refractivity contribution in [2.45, 2.75) is 33.2 Å². The van der Waals surface area contributed by atoms with E-state index in [2.05, 4.69) is 18.9 Å². The summed E-state index contributed by atoms with van der Waals surface area (Å²) >= 11 is 0. The van der Waals surface area contributed by atoms with Gasteiger partial charge in [0.05, 0.1) is 11.9 Å². The Kier molecular flexibility index (Phi) is 3.98. The van der Waals surface area contributed by atoms with Gasteiger partial charge < -0.3 is 10.6 Å². The first-order chi connectivity index (χ1) is 10.9. The number of nitrogens with zero attached hydrogens (tertiary/aromatic N) is 3. The highest BCUT2D eigenvalue weighted by Crippen LogP contribution is 2.28. The van der Waals surface area contributed by atoms with E-state index in [0.717, 1.165) is 24.2 Å². The number of carbonyl (C=O) groups excluding carboxylic acids is 1. The summed E-state index contributed by atoms with van der Waals surface area (Å²) in [6, 6.07) is 7.75. The first-order valence-electron chi connectivity index (χ1n) is 8.03. The van der Waals surface area contributed by atoms with Gasteiger partial charge in [0.1, 0.15) is 0 Å². The van der Waals surface area contributed by atoms with Gasteiger partial charge in [-0.3, -0.25) is 4.79 Å². The fourth-order valence-electron chi connectivity index (χ4n) is 3.04. The Morgan fingerprint density at radius 2 is 2.00 bits per heavy atom. The van der Waals surface area contributed by atoms with Gasteiger partial charge in [0, 0.05) is 30.9 Å². The van der Waals surface area contributed by atoms with E-state index in [9.17, 15) is 4.79 Å². The number of likely N-dealkylation sites (tertiary alicyclic amines) is 1. The summed E-state index contributed by atoms with van der Waals surface area (Å²) in [5, 5.41) is 4.29. The average Bonchev–Trinajstić information content (AvgIpc) is 2.96. The van der Waals surface area contributed by atoms with Crippen LogP contribution in [-0.4, -0.2) is 39.7 Å². The van der Waals surface area contributed by atoms with E-state index >= 15 is 0 Å². The largest absolute Gasteiger partial charge is 0.338 e. The molecule has 1 saturated heterocycles. The molecule has 1 aromatic carbocycles. The van der Waals surface area contributed by atoms with E-state index < -0.39 is 0 Å². The van der Waals surface area contributed by atoms with Gasteiger partial charge in [-0.2, -0.15) is 5.10 Å². The van der Waals surface area contributed by atoms with Crippen molar-refractivity contribution in [3.05, 3.63) is 47.8 Å². The lowest BCUT2D eigenvalue weighted by Crippen LogP contribution is -2.53. The number of carbonyl (C=O) groups is 1. The highest BCUT2D eigenvalue weighted by atomic mass is 16.2. The molecule has 1 fully saturated rings. The molecule has 0 bridgehead atoms. The third-order valence-electron chi connectivity index (χ3n) is 4.69. The van der Waals surface area contributed by atoms with Crippen LogP contribution < -0.4 is 5.73 Å². The first-order valence-corrected chi connectivity index (χ1v) is 8.03. The molecule has 1 aromatic heterocycles. The van der Waals surface area contributed by atoms with Gasteiger partial charge in [-0.1, -0.05) is 13.8 Å². The monoisotopic (exact) mass is 312 g/mol. The number of benzene rings is 1. The fourth-order valence-corrected chi connectivity index (χ4v) is 3.04. The molecule has 5 nitrogen and oxygen atoms in total. The van der Waals surface area contributed by atoms with Crippen molar-refractivity contribution in [2.24, 2.45) is 11.1 Å². The van der Waals surface area contributed by atoms with E-state index in [0.29, 0.717) is 12.1 Å². The Labute approximate surface area is 137 Å². The second kappa shape index (κ2) is 5.81. The summed E-state index contributed by atoms with van der Waals surface area (Å²) in [6.45, 7) is 7.68. The minimum Gasteiger partial charge on any atom is -0.338 e. The van der Waals surface area contributed by atoms with Gasteiger partial charge in [0.2, 0.25) is 0 Å². The van der Waals surface area contributed by atoms with Crippen LogP contribution in [0.5, 0.6) is 0 Å². The number of aromatic nitrogens is 2. The molecule has 2 aromatic rings. The first kappa shape index (κ1) is 15.7. The lowest BCUT2D eigenvalue weighted by atomic mass is 9.79. The van der Waals surface area contributed by atoms with Crippen LogP contribution in [0.25, 0.3) is 5.69 Å². The summed E-state index contributed by atoms with van der Waals surface area (Å²) < 4.78 is 1.81. The van der Waals surface area contributed by atoms with E-state index in [1.807, 2.05) is 53.2 Å². The molecule has 3 rings (SSSR count). The summed E-state index contributed by atoms with van der Waals surface area (Å²) in [4.78, 5) is 14.6. The number of piperidine rings is 1. The van der Waals surface area contributed by atoms with E-state index in [1.165, 1.54) is 0 Å². The third-order valence-corrected chi connectivity index (χ3v) is 4.69. The number of hydrogen-bond acceptors (Lipinski definition) is 3.